The van der Waals surface area contributed by atoms with Crippen LogP contribution >= 0.6 is 11.6 Å². The maximum atomic E-state index is 11.3. The zero-order chi connectivity index (χ0) is 18.3. The second kappa shape index (κ2) is 6.35. The first-order valence-corrected chi connectivity index (χ1v) is 9.81. The van der Waals surface area contributed by atoms with E-state index in [1.807, 2.05) is 6.07 Å². The standard InChI is InChI=1S/C16H15ClN6O2S/c17-12-8-19-15(10-3-5-11(6-4-10)26(18,24)25)21-16(12)20-14-7-13(22-23-14)9-1-2-9/h3-9H,1-2H2,(H2,18,24,25)(H2,19,20,21,22,23). The maximum absolute atomic E-state index is 11.3. The number of hydrogen-bond donors (Lipinski definition) is 3. The van der Waals surface area contributed by atoms with Crippen LogP contribution in [0.4, 0.5) is 11.6 Å². The number of rotatable bonds is 5. The van der Waals surface area contributed by atoms with E-state index in [1.165, 1.54) is 31.2 Å². The van der Waals surface area contributed by atoms with Crippen molar-refractivity contribution in [3.05, 3.63) is 47.2 Å². The molecular weight excluding hydrogens is 376 g/mol. The van der Waals surface area contributed by atoms with Gasteiger partial charge in [0.2, 0.25) is 10.0 Å². The third-order valence-electron chi connectivity index (χ3n) is 4.05. The van der Waals surface area contributed by atoms with Gasteiger partial charge in [0.1, 0.15) is 5.02 Å². The molecule has 8 nitrogen and oxygen atoms in total. The molecule has 0 spiro atoms. The molecule has 1 saturated carbocycles. The monoisotopic (exact) mass is 390 g/mol. The van der Waals surface area contributed by atoms with E-state index in [0.717, 1.165) is 5.69 Å². The van der Waals surface area contributed by atoms with E-state index in [-0.39, 0.29) is 4.90 Å². The fourth-order valence-corrected chi connectivity index (χ4v) is 3.17. The number of benzene rings is 1. The molecule has 0 saturated heterocycles. The van der Waals surface area contributed by atoms with Crippen molar-refractivity contribution in [2.45, 2.75) is 23.7 Å². The van der Waals surface area contributed by atoms with Gasteiger partial charge < -0.3 is 5.32 Å². The quantitative estimate of drug-likeness (QED) is 0.614. The lowest BCUT2D eigenvalue weighted by atomic mass is 10.2. The van der Waals surface area contributed by atoms with Gasteiger partial charge in [-0.3, -0.25) is 5.10 Å². The Hall–Kier alpha value is -2.49. The predicted octanol–water partition coefficient (Wildman–Crippen LogP) is 2.79. The number of nitrogens with one attached hydrogen (secondary N) is 2. The highest BCUT2D eigenvalue weighted by Gasteiger charge is 2.25. The molecule has 0 atom stereocenters. The molecule has 3 aromatic rings. The first-order chi connectivity index (χ1) is 12.4. The number of aromatic nitrogens is 4. The molecule has 26 heavy (non-hydrogen) atoms. The first-order valence-electron chi connectivity index (χ1n) is 7.88. The summed E-state index contributed by atoms with van der Waals surface area (Å²) in [5.74, 6) is 2.01. The molecule has 4 N–H and O–H groups in total. The fraction of sp³-hybridized carbons (Fsp3) is 0.188. The van der Waals surface area contributed by atoms with Gasteiger partial charge in [0, 0.05) is 23.2 Å². The molecule has 0 bridgehead atoms. The topological polar surface area (TPSA) is 127 Å². The maximum Gasteiger partial charge on any atom is 0.238 e. The number of halogens is 1. The molecule has 1 aliphatic carbocycles. The van der Waals surface area contributed by atoms with Crippen LogP contribution in [0.5, 0.6) is 0 Å². The van der Waals surface area contributed by atoms with Gasteiger partial charge in [-0.2, -0.15) is 5.10 Å². The number of nitrogens with two attached hydrogens (primary N) is 1. The molecule has 0 unspecified atom stereocenters. The Bertz CT molecular complexity index is 1060. The number of anilines is 2. The summed E-state index contributed by atoms with van der Waals surface area (Å²) >= 11 is 6.18. The Balaban J connectivity index is 1.60. The summed E-state index contributed by atoms with van der Waals surface area (Å²) in [6, 6.07) is 7.94. The number of nitrogens with zero attached hydrogens (tertiary/aromatic N) is 3. The lowest BCUT2D eigenvalue weighted by Gasteiger charge is -2.07. The van der Waals surface area contributed by atoms with E-state index in [0.29, 0.717) is 34.0 Å². The molecular formula is C16H15ClN6O2S. The van der Waals surface area contributed by atoms with Crippen LogP contribution in [-0.4, -0.2) is 28.6 Å². The van der Waals surface area contributed by atoms with E-state index < -0.39 is 10.0 Å². The Labute approximate surface area is 154 Å². The number of sulfonamides is 1. The minimum Gasteiger partial charge on any atom is -0.322 e. The Morgan fingerprint density at radius 1 is 1.23 bits per heavy atom. The largest absolute Gasteiger partial charge is 0.322 e. The van der Waals surface area contributed by atoms with Crippen LogP contribution in [-0.2, 0) is 10.0 Å². The fourth-order valence-electron chi connectivity index (χ4n) is 2.51. The van der Waals surface area contributed by atoms with Crippen molar-refractivity contribution >= 4 is 33.3 Å². The summed E-state index contributed by atoms with van der Waals surface area (Å²) in [6.07, 6.45) is 3.83. The van der Waals surface area contributed by atoms with E-state index in [4.69, 9.17) is 16.7 Å². The lowest BCUT2D eigenvalue weighted by molar-refractivity contribution is 0.598. The second-order valence-corrected chi connectivity index (χ2v) is 8.04. The van der Waals surface area contributed by atoms with E-state index in [1.54, 1.807) is 12.1 Å². The van der Waals surface area contributed by atoms with E-state index in [9.17, 15) is 8.42 Å². The van der Waals surface area contributed by atoms with Crippen molar-refractivity contribution in [2.24, 2.45) is 5.14 Å². The van der Waals surface area contributed by atoms with Crippen molar-refractivity contribution in [2.75, 3.05) is 5.32 Å². The van der Waals surface area contributed by atoms with Gasteiger partial charge in [-0.05, 0) is 37.1 Å². The van der Waals surface area contributed by atoms with Gasteiger partial charge in [-0.15, -0.1) is 0 Å². The number of H-pyrrole nitrogens is 1. The van der Waals surface area contributed by atoms with E-state index >= 15 is 0 Å². The SMILES string of the molecule is NS(=O)(=O)c1ccc(-c2ncc(Cl)c(Nc3cc(C4CC4)[nH]n3)n2)cc1. The first kappa shape index (κ1) is 17.0. The normalized spacial score (nSPS) is 14.4. The average molecular weight is 391 g/mol. The zero-order valence-electron chi connectivity index (χ0n) is 13.5. The van der Waals surface area contributed by atoms with Gasteiger partial charge >= 0.3 is 0 Å². The van der Waals surface area contributed by atoms with Gasteiger partial charge in [0.15, 0.2) is 17.5 Å². The summed E-state index contributed by atoms with van der Waals surface area (Å²) < 4.78 is 22.7. The van der Waals surface area contributed by atoms with E-state index in [2.05, 4.69) is 25.5 Å². The minimum atomic E-state index is -3.74. The molecule has 1 aromatic carbocycles. The van der Waals surface area contributed by atoms with Crippen LogP contribution in [0.2, 0.25) is 5.02 Å². The third kappa shape index (κ3) is 3.55. The third-order valence-corrected chi connectivity index (χ3v) is 5.25. The molecule has 134 valence electrons. The lowest BCUT2D eigenvalue weighted by Crippen LogP contribution is -2.11. The Morgan fingerprint density at radius 2 is 1.96 bits per heavy atom. The minimum absolute atomic E-state index is 0.0256. The summed E-state index contributed by atoms with van der Waals surface area (Å²) in [6.45, 7) is 0. The van der Waals surface area contributed by atoms with Crippen molar-refractivity contribution in [1.29, 1.82) is 0 Å². The highest BCUT2D eigenvalue weighted by molar-refractivity contribution is 7.89. The van der Waals surface area contributed by atoms with Crippen molar-refractivity contribution < 1.29 is 8.42 Å². The van der Waals surface area contributed by atoms with Crippen molar-refractivity contribution in [3.8, 4) is 11.4 Å². The van der Waals surface area contributed by atoms with Crippen molar-refractivity contribution in [3.63, 3.8) is 0 Å². The summed E-state index contributed by atoms with van der Waals surface area (Å²) in [4.78, 5) is 8.63. The van der Waals surface area contributed by atoms with Crippen LogP contribution in [0, 0.1) is 0 Å². The number of hydrogen-bond acceptors (Lipinski definition) is 6. The highest BCUT2D eigenvalue weighted by Crippen LogP contribution is 2.39. The van der Waals surface area contributed by atoms with Gasteiger partial charge in [0.05, 0.1) is 11.1 Å². The molecule has 1 aliphatic rings. The van der Waals surface area contributed by atoms with Crippen LogP contribution in [0.3, 0.4) is 0 Å². The summed E-state index contributed by atoms with van der Waals surface area (Å²) in [7, 11) is -3.74. The molecule has 0 amide bonds. The average Bonchev–Trinajstić information content (AvgIpc) is 3.36. The van der Waals surface area contributed by atoms with Crippen LogP contribution in [0.1, 0.15) is 24.5 Å². The Morgan fingerprint density at radius 3 is 2.62 bits per heavy atom. The van der Waals surface area contributed by atoms with Gasteiger partial charge in [0.25, 0.3) is 0 Å². The predicted molar refractivity (Wildman–Crippen MR) is 97.7 cm³/mol. The van der Waals surface area contributed by atoms with Crippen LogP contribution in [0.25, 0.3) is 11.4 Å². The molecule has 0 aliphatic heterocycles. The number of primary sulfonamides is 1. The van der Waals surface area contributed by atoms with Crippen molar-refractivity contribution in [1.82, 2.24) is 20.2 Å². The zero-order valence-corrected chi connectivity index (χ0v) is 15.0. The molecule has 0 radical (unpaired) electrons. The van der Waals surface area contributed by atoms with Crippen LogP contribution in [0.15, 0.2) is 41.4 Å². The number of aromatic amines is 1. The summed E-state index contributed by atoms with van der Waals surface area (Å²) in [5, 5.41) is 15.8. The molecule has 1 fully saturated rings. The van der Waals surface area contributed by atoms with Gasteiger partial charge in [-0.25, -0.2) is 23.5 Å². The molecule has 2 aromatic heterocycles. The summed E-state index contributed by atoms with van der Waals surface area (Å²) in [5.41, 5.74) is 1.73. The second-order valence-electron chi connectivity index (χ2n) is 6.07. The molecule has 2 heterocycles. The van der Waals surface area contributed by atoms with Crippen LogP contribution < -0.4 is 10.5 Å². The van der Waals surface area contributed by atoms with Gasteiger partial charge in [-0.1, -0.05) is 11.6 Å². The Kier molecular flexibility index (Phi) is 4.14. The highest BCUT2D eigenvalue weighted by atomic mass is 35.5. The smallest absolute Gasteiger partial charge is 0.238 e. The molecule has 4 rings (SSSR count). The molecule has 10 heteroatoms.